The van der Waals surface area contributed by atoms with Crippen LogP contribution >= 0.6 is 27.5 Å². The molecular formula is C10H11BrClNO. The van der Waals surface area contributed by atoms with Crippen molar-refractivity contribution >= 4 is 32.8 Å². The van der Waals surface area contributed by atoms with Gasteiger partial charge in [0.25, 0.3) is 5.24 Å². The SMILES string of the molecule is CC(C)(C)c1ccc(C(=O)Cl)c(Br)n1. The van der Waals surface area contributed by atoms with E-state index in [1.807, 2.05) is 6.07 Å². The first-order chi connectivity index (χ1) is 6.32. The normalized spacial score (nSPS) is 11.5. The molecule has 0 spiro atoms. The van der Waals surface area contributed by atoms with Gasteiger partial charge < -0.3 is 0 Å². The third kappa shape index (κ3) is 2.55. The molecule has 0 bridgehead atoms. The maximum Gasteiger partial charge on any atom is 0.255 e. The molecule has 0 aliphatic carbocycles. The first-order valence-corrected chi connectivity index (χ1v) is 5.36. The highest BCUT2D eigenvalue weighted by Gasteiger charge is 2.17. The largest absolute Gasteiger partial charge is 0.276 e. The van der Waals surface area contributed by atoms with E-state index < -0.39 is 5.24 Å². The Morgan fingerprint density at radius 3 is 2.36 bits per heavy atom. The van der Waals surface area contributed by atoms with Crippen molar-refractivity contribution in [2.45, 2.75) is 26.2 Å². The van der Waals surface area contributed by atoms with Gasteiger partial charge in [0, 0.05) is 11.1 Å². The van der Waals surface area contributed by atoms with E-state index >= 15 is 0 Å². The van der Waals surface area contributed by atoms with Crippen LogP contribution in [0, 0.1) is 0 Å². The summed E-state index contributed by atoms with van der Waals surface area (Å²) in [5.41, 5.74) is 1.29. The zero-order valence-corrected chi connectivity index (χ0v) is 10.6. The molecule has 0 aliphatic rings. The second-order valence-electron chi connectivity index (χ2n) is 4.06. The Labute approximate surface area is 96.8 Å². The predicted molar refractivity (Wildman–Crippen MR) is 60.8 cm³/mol. The van der Waals surface area contributed by atoms with Crippen molar-refractivity contribution in [1.82, 2.24) is 4.98 Å². The average Bonchev–Trinajstić information content (AvgIpc) is 2.01. The minimum Gasteiger partial charge on any atom is -0.276 e. The molecule has 0 N–H and O–H groups in total. The topological polar surface area (TPSA) is 30.0 Å². The molecule has 4 heteroatoms. The highest BCUT2D eigenvalue weighted by atomic mass is 79.9. The smallest absolute Gasteiger partial charge is 0.255 e. The van der Waals surface area contributed by atoms with Gasteiger partial charge in [-0.1, -0.05) is 20.8 Å². The Balaban J connectivity index is 3.20. The molecule has 1 aromatic rings. The van der Waals surface area contributed by atoms with Crippen LogP contribution in [0.15, 0.2) is 16.7 Å². The third-order valence-corrected chi connectivity index (χ3v) is 2.64. The molecule has 0 atom stereocenters. The van der Waals surface area contributed by atoms with E-state index in [1.165, 1.54) is 0 Å². The van der Waals surface area contributed by atoms with Crippen LogP contribution in [-0.4, -0.2) is 10.2 Å². The summed E-state index contributed by atoms with van der Waals surface area (Å²) < 4.78 is 0.505. The van der Waals surface area contributed by atoms with E-state index in [1.54, 1.807) is 6.07 Å². The fourth-order valence-electron chi connectivity index (χ4n) is 0.999. The molecule has 0 fully saturated rings. The molecule has 0 radical (unpaired) electrons. The molecule has 2 nitrogen and oxygen atoms in total. The first kappa shape index (κ1) is 11.7. The molecular weight excluding hydrogens is 265 g/mol. The monoisotopic (exact) mass is 275 g/mol. The summed E-state index contributed by atoms with van der Waals surface area (Å²) in [6.07, 6.45) is 0. The molecule has 0 saturated heterocycles. The summed E-state index contributed by atoms with van der Waals surface area (Å²) in [5, 5.41) is -0.496. The zero-order chi connectivity index (χ0) is 10.9. The number of pyridine rings is 1. The fourth-order valence-corrected chi connectivity index (χ4v) is 1.77. The van der Waals surface area contributed by atoms with E-state index in [0.717, 1.165) is 5.69 Å². The van der Waals surface area contributed by atoms with Crippen LogP contribution in [0.1, 0.15) is 36.8 Å². The predicted octanol–water partition coefficient (Wildman–Crippen LogP) is 3.52. The molecule has 14 heavy (non-hydrogen) atoms. The number of hydrogen-bond acceptors (Lipinski definition) is 2. The number of halogens is 2. The Bertz CT molecular complexity index is 371. The second-order valence-corrected chi connectivity index (χ2v) is 5.15. The van der Waals surface area contributed by atoms with E-state index in [4.69, 9.17) is 11.6 Å². The fraction of sp³-hybridized carbons (Fsp3) is 0.400. The van der Waals surface area contributed by atoms with Crippen molar-refractivity contribution in [3.8, 4) is 0 Å². The Kier molecular flexibility index (Phi) is 3.32. The van der Waals surface area contributed by atoms with Crippen LogP contribution in [0.3, 0.4) is 0 Å². The van der Waals surface area contributed by atoms with Gasteiger partial charge in [0.2, 0.25) is 0 Å². The van der Waals surface area contributed by atoms with Gasteiger partial charge in [-0.15, -0.1) is 0 Å². The average molecular weight is 277 g/mol. The van der Waals surface area contributed by atoms with Crippen molar-refractivity contribution in [1.29, 1.82) is 0 Å². The van der Waals surface area contributed by atoms with E-state index in [0.29, 0.717) is 10.2 Å². The van der Waals surface area contributed by atoms with Crippen molar-refractivity contribution < 1.29 is 4.79 Å². The van der Waals surface area contributed by atoms with Crippen molar-refractivity contribution in [2.24, 2.45) is 0 Å². The Morgan fingerprint density at radius 2 is 2.00 bits per heavy atom. The molecule has 0 unspecified atom stereocenters. The highest BCUT2D eigenvalue weighted by molar-refractivity contribution is 9.10. The van der Waals surface area contributed by atoms with Gasteiger partial charge >= 0.3 is 0 Å². The Hall–Kier alpha value is -0.410. The van der Waals surface area contributed by atoms with Gasteiger partial charge in [-0.25, -0.2) is 4.98 Å². The minimum absolute atomic E-state index is 0.0313. The number of rotatable bonds is 1. The van der Waals surface area contributed by atoms with Crippen molar-refractivity contribution in [3.63, 3.8) is 0 Å². The molecule has 0 aromatic carbocycles. The number of carbonyl (C=O) groups excluding carboxylic acids is 1. The van der Waals surface area contributed by atoms with Crippen LogP contribution in [-0.2, 0) is 5.41 Å². The summed E-state index contributed by atoms with van der Waals surface area (Å²) in [6, 6.07) is 3.51. The van der Waals surface area contributed by atoms with Crippen LogP contribution in [0.5, 0.6) is 0 Å². The van der Waals surface area contributed by atoms with Gasteiger partial charge in [-0.2, -0.15) is 0 Å². The first-order valence-electron chi connectivity index (χ1n) is 4.19. The molecule has 0 saturated carbocycles. The summed E-state index contributed by atoms with van der Waals surface area (Å²) in [4.78, 5) is 15.2. The third-order valence-electron chi connectivity index (χ3n) is 1.83. The standard InChI is InChI=1S/C10H11BrClNO/c1-10(2,3)7-5-4-6(9(12)14)8(11)13-7/h4-5H,1-3H3. The lowest BCUT2D eigenvalue weighted by Gasteiger charge is -2.18. The molecule has 0 aliphatic heterocycles. The van der Waals surface area contributed by atoms with E-state index in [-0.39, 0.29) is 5.41 Å². The van der Waals surface area contributed by atoms with Gasteiger partial charge in [0.1, 0.15) is 4.60 Å². The summed E-state index contributed by atoms with van der Waals surface area (Å²) in [7, 11) is 0. The van der Waals surface area contributed by atoms with E-state index in [9.17, 15) is 4.79 Å². The molecule has 1 heterocycles. The van der Waals surface area contributed by atoms with Crippen molar-refractivity contribution in [3.05, 3.63) is 28.0 Å². The lowest BCUT2D eigenvalue weighted by molar-refractivity contribution is 0.108. The quantitative estimate of drug-likeness (QED) is 0.580. The lowest BCUT2D eigenvalue weighted by Crippen LogP contribution is -2.14. The van der Waals surface area contributed by atoms with Gasteiger partial charge in [0.15, 0.2) is 0 Å². The zero-order valence-electron chi connectivity index (χ0n) is 8.27. The second kappa shape index (κ2) is 3.99. The Morgan fingerprint density at radius 1 is 1.43 bits per heavy atom. The molecule has 76 valence electrons. The van der Waals surface area contributed by atoms with Crippen LogP contribution in [0.2, 0.25) is 0 Å². The van der Waals surface area contributed by atoms with Gasteiger partial charge in [-0.05, 0) is 39.7 Å². The maximum atomic E-state index is 10.9. The number of hydrogen-bond donors (Lipinski definition) is 0. The summed E-state index contributed by atoms with van der Waals surface area (Å²) >= 11 is 8.59. The van der Waals surface area contributed by atoms with Crippen LogP contribution in [0.25, 0.3) is 0 Å². The number of aromatic nitrogens is 1. The van der Waals surface area contributed by atoms with Crippen LogP contribution < -0.4 is 0 Å². The molecule has 1 rings (SSSR count). The van der Waals surface area contributed by atoms with E-state index in [2.05, 4.69) is 41.7 Å². The van der Waals surface area contributed by atoms with Crippen molar-refractivity contribution in [2.75, 3.05) is 0 Å². The lowest BCUT2D eigenvalue weighted by atomic mass is 9.91. The maximum absolute atomic E-state index is 10.9. The number of carbonyl (C=O) groups is 1. The molecule has 1 aromatic heterocycles. The molecule has 0 amide bonds. The summed E-state index contributed by atoms with van der Waals surface area (Å²) in [6.45, 7) is 6.18. The van der Waals surface area contributed by atoms with Gasteiger partial charge in [0.05, 0.1) is 5.56 Å². The van der Waals surface area contributed by atoms with Gasteiger partial charge in [-0.3, -0.25) is 4.79 Å². The minimum atomic E-state index is -0.496. The summed E-state index contributed by atoms with van der Waals surface area (Å²) in [5.74, 6) is 0. The number of nitrogens with zero attached hydrogens (tertiary/aromatic N) is 1. The van der Waals surface area contributed by atoms with Crippen LogP contribution in [0.4, 0.5) is 0 Å². The highest BCUT2D eigenvalue weighted by Crippen LogP contribution is 2.24.